The number of hydrogen-bond donors (Lipinski definition) is 1. The summed E-state index contributed by atoms with van der Waals surface area (Å²) in [6.45, 7) is 0.808. The molecular formula is C11H15BrN2S. The lowest BCUT2D eigenvalue weighted by Gasteiger charge is -2.17. The van der Waals surface area contributed by atoms with E-state index in [4.69, 9.17) is 5.73 Å². The van der Waals surface area contributed by atoms with Crippen molar-refractivity contribution in [2.75, 3.05) is 6.54 Å². The van der Waals surface area contributed by atoms with Gasteiger partial charge in [0.05, 0.1) is 0 Å². The molecule has 2 rings (SSSR count). The van der Waals surface area contributed by atoms with Gasteiger partial charge in [0, 0.05) is 15.9 Å². The van der Waals surface area contributed by atoms with Crippen molar-refractivity contribution in [1.29, 1.82) is 0 Å². The Kier molecular flexibility index (Phi) is 4.05. The van der Waals surface area contributed by atoms with E-state index in [9.17, 15) is 0 Å². The Hall–Kier alpha value is -0.0600. The number of aromatic nitrogens is 1. The average molecular weight is 287 g/mol. The van der Waals surface area contributed by atoms with E-state index in [0.717, 1.165) is 16.0 Å². The zero-order chi connectivity index (χ0) is 10.7. The van der Waals surface area contributed by atoms with Crippen molar-refractivity contribution in [1.82, 2.24) is 4.98 Å². The van der Waals surface area contributed by atoms with Crippen molar-refractivity contribution in [2.45, 2.75) is 29.5 Å². The van der Waals surface area contributed by atoms with Crippen LogP contribution in [0.15, 0.2) is 27.8 Å². The van der Waals surface area contributed by atoms with Gasteiger partial charge in [0.1, 0.15) is 5.03 Å². The Labute approximate surface area is 103 Å². The molecule has 0 aliphatic heterocycles. The van der Waals surface area contributed by atoms with Gasteiger partial charge in [0.15, 0.2) is 0 Å². The van der Waals surface area contributed by atoms with E-state index in [-0.39, 0.29) is 0 Å². The molecule has 2 unspecified atom stereocenters. The number of rotatable bonds is 3. The average Bonchev–Trinajstić information content (AvgIpc) is 2.69. The smallest absolute Gasteiger partial charge is 0.110 e. The number of pyridine rings is 1. The molecule has 2 atom stereocenters. The summed E-state index contributed by atoms with van der Waals surface area (Å²) in [7, 11) is 0. The fourth-order valence-corrected chi connectivity index (χ4v) is 3.88. The van der Waals surface area contributed by atoms with Gasteiger partial charge in [-0.05, 0) is 53.4 Å². The number of halogens is 1. The van der Waals surface area contributed by atoms with E-state index in [1.54, 1.807) is 0 Å². The lowest BCUT2D eigenvalue weighted by Crippen LogP contribution is -2.20. The van der Waals surface area contributed by atoms with Gasteiger partial charge in [-0.3, -0.25) is 0 Å². The summed E-state index contributed by atoms with van der Waals surface area (Å²) in [5.74, 6) is 0.670. The number of hydrogen-bond acceptors (Lipinski definition) is 3. The molecule has 2 nitrogen and oxygen atoms in total. The third-order valence-electron chi connectivity index (χ3n) is 2.88. The fourth-order valence-electron chi connectivity index (χ4n) is 2.03. The number of nitrogens with zero attached hydrogens (tertiary/aromatic N) is 1. The van der Waals surface area contributed by atoms with Crippen LogP contribution in [0.3, 0.4) is 0 Å². The summed E-state index contributed by atoms with van der Waals surface area (Å²) in [5, 5.41) is 1.75. The Morgan fingerprint density at radius 2 is 2.40 bits per heavy atom. The minimum absolute atomic E-state index is 0.654. The first-order valence-electron chi connectivity index (χ1n) is 5.28. The Morgan fingerprint density at radius 3 is 3.13 bits per heavy atom. The maximum atomic E-state index is 5.77. The molecule has 15 heavy (non-hydrogen) atoms. The molecule has 82 valence electrons. The third kappa shape index (κ3) is 2.74. The van der Waals surface area contributed by atoms with Gasteiger partial charge >= 0.3 is 0 Å². The highest BCUT2D eigenvalue weighted by molar-refractivity contribution is 9.10. The second kappa shape index (κ2) is 5.32. The molecule has 1 aromatic heterocycles. The molecule has 1 heterocycles. The zero-order valence-electron chi connectivity index (χ0n) is 8.53. The molecule has 0 spiro atoms. The first kappa shape index (κ1) is 11.4. The highest BCUT2D eigenvalue weighted by Gasteiger charge is 2.27. The van der Waals surface area contributed by atoms with Crippen LogP contribution in [0.4, 0.5) is 0 Å². The second-order valence-electron chi connectivity index (χ2n) is 3.87. The Balaban J connectivity index is 2.05. The van der Waals surface area contributed by atoms with Crippen LogP contribution in [-0.4, -0.2) is 16.8 Å². The molecule has 1 aromatic rings. The lowest BCUT2D eigenvalue weighted by molar-refractivity contribution is 0.573. The van der Waals surface area contributed by atoms with Crippen molar-refractivity contribution in [3.63, 3.8) is 0 Å². The molecule has 0 radical (unpaired) electrons. The first-order chi connectivity index (χ1) is 7.31. The minimum atomic E-state index is 0.654. The predicted octanol–water partition coefficient (Wildman–Crippen LogP) is 3.06. The van der Waals surface area contributed by atoms with Gasteiger partial charge in [0.2, 0.25) is 0 Å². The van der Waals surface area contributed by atoms with Crippen molar-refractivity contribution in [3.8, 4) is 0 Å². The van der Waals surface area contributed by atoms with Crippen LogP contribution < -0.4 is 5.73 Å². The van der Waals surface area contributed by atoms with E-state index >= 15 is 0 Å². The van der Waals surface area contributed by atoms with Gasteiger partial charge in [-0.1, -0.05) is 6.42 Å². The zero-order valence-corrected chi connectivity index (χ0v) is 10.9. The molecule has 1 aliphatic carbocycles. The summed E-state index contributed by atoms with van der Waals surface area (Å²) < 4.78 is 1.10. The van der Waals surface area contributed by atoms with Crippen LogP contribution in [-0.2, 0) is 0 Å². The highest BCUT2D eigenvalue weighted by Crippen LogP contribution is 2.39. The second-order valence-corrected chi connectivity index (χ2v) is 5.96. The summed E-state index contributed by atoms with van der Waals surface area (Å²) in [6.07, 6.45) is 5.71. The maximum absolute atomic E-state index is 5.77. The number of thioether (sulfide) groups is 1. The quantitative estimate of drug-likeness (QED) is 0.928. The molecule has 0 aromatic carbocycles. The summed E-state index contributed by atoms with van der Waals surface area (Å²) in [4.78, 5) is 4.39. The van der Waals surface area contributed by atoms with E-state index in [2.05, 4.69) is 20.9 Å². The predicted molar refractivity (Wildman–Crippen MR) is 68.0 cm³/mol. The van der Waals surface area contributed by atoms with Crippen LogP contribution >= 0.6 is 27.7 Å². The van der Waals surface area contributed by atoms with Crippen LogP contribution in [0.2, 0.25) is 0 Å². The van der Waals surface area contributed by atoms with Gasteiger partial charge in [-0.15, -0.1) is 11.8 Å². The first-order valence-corrected chi connectivity index (χ1v) is 6.95. The minimum Gasteiger partial charge on any atom is -0.330 e. The van der Waals surface area contributed by atoms with E-state index in [1.807, 2.05) is 30.1 Å². The van der Waals surface area contributed by atoms with Crippen LogP contribution in [0.1, 0.15) is 19.3 Å². The van der Waals surface area contributed by atoms with Gasteiger partial charge in [0.25, 0.3) is 0 Å². The summed E-state index contributed by atoms with van der Waals surface area (Å²) >= 11 is 5.40. The maximum Gasteiger partial charge on any atom is 0.110 e. The summed E-state index contributed by atoms with van der Waals surface area (Å²) in [6, 6.07) is 3.99. The largest absolute Gasteiger partial charge is 0.330 e. The Bertz CT molecular complexity index is 332. The van der Waals surface area contributed by atoms with Crippen LogP contribution in [0.25, 0.3) is 0 Å². The topological polar surface area (TPSA) is 38.9 Å². The fraction of sp³-hybridized carbons (Fsp3) is 0.545. The van der Waals surface area contributed by atoms with Crippen molar-refractivity contribution in [3.05, 3.63) is 22.8 Å². The van der Waals surface area contributed by atoms with Gasteiger partial charge in [-0.25, -0.2) is 4.98 Å². The molecule has 4 heteroatoms. The van der Waals surface area contributed by atoms with Crippen molar-refractivity contribution >= 4 is 27.7 Å². The molecule has 1 aliphatic rings. The normalized spacial score (nSPS) is 25.7. The van der Waals surface area contributed by atoms with E-state index < -0.39 is 0 Å². The highest BCUT2D eigenvalue weighted by atomic mass is 79.9. The summed E-state index contributed by atoms with van der Waals surface area (Å²) in [5.41, 5.74) is 5.77. The SMILES string of the molecule is NCC1CCCC1Sc1ncccc1Br. The van der Waals surface area contributed by atoms with Gasteiger partial charge < -0.3 is 5.73 Å². The van der Waals surface area contributed by atoms with Crippen LogP contribution in [0.5, 0.6) is 0 Å². The van der Waals surface area contributed by atoms with E-state index in [0.29, 0.717) is 11.2 Å². The van der Waals surface area contributed by atoms with Crippen molar-refractivity contribution in [2.24, 2.45) is 11.7 Å². The molecule has 0 amide bonds. The molecule has 2 N–H and O–H groups in total. The molecule has 0 saturated heterocycles. The van der Waals surface area contributed by atoms with Gasteiger partial charge in [-0.2, -0.15) is 0 Å². The monoisotopic (exact) mass is 286 g/mol. The van der Waals surface area contributed by atoms with E-state index in [1.165, 1.54) is 19.3 Å². The Morgan fingerprint density at radius 1 is 1.53 bits per heavy atom. The van der Waals surface area contributed by atoms with Crippen LogP contribution in [0, 0.1) is 5.92 Å². The third-order valence-corrected chi connectivity index (χ3v) is 5.25. The molecule has 0 bridgehead atoms. The standard InChI is InChI=1S/C11H15BrN2S/c12-9-4-2-6-14-11(9)15-10-5-1-3-8(10)7-13/h2,4,6,8,10H,1,3,5,7,13H2. The molecule has 1 fully saturated rings. The molecule has 1 saturated carbocycles. The lowest BCUT2D eigenvalue weighted by atomic mass is 10.1. The number of nitrogens with two attached hydrogens (primary N) is 1. The van der Waals surface area contributed by atoms with Crippen molar-refractivity contribution < 1.29 is 0 Å². The molecular weight excluding hydrogens is 272 g/mol.